The number of benzene rings is 2. The lowest BCUT2D eigenvalue weighted by atomic mass is 10.1. The van der Waals surface area contributed by atoms with Gasteiger partial charge in [-0.2, -0.15) is 0 Å². The van der Waals surface area contributed by atoms with E-state index in [0.29, 0.717) is 10.9 Å². The number of nitrogens with zero attached hydrogens (tertiary/aromatic N) is 2. The molecular weight excluding hydrogens is 379 g/mol. The normalized spacial score (nSPS) is 11.4. The minimum absolute atomic E-state index is 0.146. The lowest BCUT2D eigenvalue weighted by Gasteiger charge is -2.19. The Bertz CT molecular complexity index is 1050. The third-order valence-corrected chi connectivity index (χ3v) is 4.06. The van der Waals surface area contributed by atoms with Crippen LogP contribution in [0.5, 0.6) is 5.75 Å². The lowest BCUT2D eigenvalue weighted by molar-refractivity contribution is -0.384. The maximum absolute atomic E-state index is 12.8. The van der Waals surface area contributed by atoms with E-state index < -0.39 is 22.9 Å². The molecule has 1 N–H and O–H groups in total. The summed E-state index contributed by atoms with van der Waals surface area (Å²) < 4.78 is 41.7. The van der Waals surface area contributed by atoms with Crippen LogP contribution in [-0.4, -0.2) is 34.1 Å². The smallest absolute Gasteiger partial charge is 0.405 e. The predicted octanol–water partition coefficient (Wildman–Crippen LogP) is 4.25. The molecule has 1 amide bonds. The molecule has 0 bridgehead atoms. The number of nitrogens with one attached hydrogen (secondary N) is 1. The molecule has 2 aromatic carbocycles. The second-order valence-corrected chi connectivity index (χ2v) is 6.01. The maximum Gasteiger partial charge on any atom is 0.573 e. The van der Waals surface area contributed by atoms with Crippen molar-refractivity contribution in [3.63, 3.8) is 0 Å². The zero-order chi connectivity index (χ0) is 20.5. The van der Waals surface area contributed by atoms with Crippen LogP contribution in [0, 0.1) is 10.1 Å². The van der Waals surface area contributed by atoms with Crippen molar-refractivity contribution in [3.8, 4) is 5.75 Å². The number of rotatable bonds is 5. The van der Waals surface area contributed by atoms with Gasteiger partial charge in [0.05, 0.1) is 10.5 Å². The van der Waals surface area contributed by atoms with E-state index in [-0.39, 0.29) is 23.4 Å². The van der Waals surface area contributed by atoms with Gasteiger partial charge in [-0.05, 0) is 12.1 Å². The highest BCUT2D eigenvalue weighted by Crippen LogP contribution is 2.28. The Labute approximate surface area is 156 Å². The van der Waals surface area contributed by atoms with Gasteiger partial charge < -0.3 is 14.6 Å². The molecule has 0 aliphatic carbocycles. The molecule has 0 radical (unpaired) electrons. The molecule has 0 spiro atoms. The molecule has 1 aromatic heterocycles. The van der Waals surface area contributed by atoms with E-state index in [0.717, 1.165) is 6.07 Å². The molecule has 0 fully saturated rings. The van der Waals surface area contributed by atoms with E-state index in [9.17, 15) is 28.1 Å². The van der Waals surface area contributed by atoms with Crippen molar-refractivity contribution in [2.24, 2.45) is 0 Å². The largest absolute Gasteiger partial charge is 0.573 e. The summed E-state index contributed by atoms with van der Waals surface area (Å²) in [5.74, 6) is -0.905. The van der Waals surface area contributed by atoms with Crippen molar-refractivity contribution in [3.05, 3.63) is 69.9 Å². The quantitative estimate of drug-likeness (QED) is 0.519. The topological polar surface area (TPSA) is 88.5 Å². The molecule has 0 aliphatic rings. The number of alkyl halides is 3. The first kappa shape index (κ1) is 19.2. The molecule has 10 heteroatoms. The summed E-state index contributed by atoms with van der Waals surface area (Å²) in [5.41, 5.74) is 0.702. The fraction of sp³-hybridized carbons (Fsp3) is 0.167. The highest BCUT2D eigenvalue weighted by Gasteiger charge is 2.32. The number of aromatic amines is 1. The van der Waals surface area contributed by atoms with E-state index in [2.05, 4.69) is 9.72 Å². The van der Waals surface area contributed by atoms with Gasteiger partial charge in [0.25, 0.3) is 11.6 Å². The third kappa shape index (κ3) is 4.05. The van der Waals surface area contributed by atoms with E-state index in [1.807, 2.05) is 0 Å². The zero-order valence-corrected chi connectivity index (χ0v) is 14.5. The second-order valence-electron chi connectivity index (χ2n) is 6.01. The van der Waals surface area contributed by atoms with E-state index in [1.54, 1.807) is 0 Å². The van der Waals surface area contributed by atoms with Crippen molar-refractivity contribution in [1.29, 1.82) is 0 Å². The number of halogens is 3. The summed E-state index contributed by atoms with van der Waals surface area (Å²) in [7, 11) is 1.42. The minimum Gasteiger partial charge on any atom is -0.405 e. The molecule has 3 aromatic rings. The Morgan fingerprint density at radius 2 is 1.96 bits per heavy atom. The number of H-pyrrole nitrogens is 1. The molecule has 0 atom stereocenters. The Kier molecular flexibility index (Phi) is 4.95. The van der Waals surface area contributed by atoms with Gasteiger partial charge in [0.1, 0.15) is 5.75 Å². The van der Waals surface area contributed by atoms with Crippen LogP contribution in [0.1, 0.15) is 15.9 Å². The Morgan fingerprint density at radius 3 is 2.64 bits per heavy atom. The summed E-state index contributed by atoms with van der Waals surface area (Å²) in [5, 5.41) is 11.3. The van der Waals surface area contributed by atoms with Crippen molar-refractivity contribution < 1.29 is 27.6 Å². The van der Waals surface area contributed by atoms with Crippen LogP contribution in [0.25, 0.3) is 10.9 Å². The second kappa shape index (κ2) is 7.22. The number of fused-ring (bicyclic) bond motifs is 1. The highest BCUT2D eigenvalue weighted by atomic mass is 19.4. The van der Waals surface area contributed by atoms with Gasteiger partial charge in [0.2, 0.25) is 0 Å². The average Bonchev–Trinajstić information content (AvgIpc) is 3.04. The molecule has 0 saturated heterocycles. The number of para-hydroxylation sites is 1. The van der Waals surface area contributed by atoms with E-state index >= 15 is 0 Å². The standard InChI is InChI=1S/C18H14F3N3O4/c1-23(10-11-4-2-3-5-16(11)28-18(19,20)21)17(25)14-9-22-15-7-6-12(24(26)27)8-13(14)15/h2-9,22H,10H2,1H3. The van der Waals surface area contributed by atoms with Gasteiger partial charge in [-0.3, -0.25) is 14.9 Å². The molecule has 28 heavy (non-hydrogen) atoms. The predicted molar refractivity (Wildman–Crippen MR) is 93.9 cm³/mol. The van der Waals surface area contributed by atoms with Crippen LogP contribution in [0.2, 0.25) is 0 Å². The van der Waals surface area contributed by atoms with Crippen LogP contribution in [0.15, 0.2) is 48.7 Å². The monoisotopic (exact) mass is 393 g/mol. The number of non-ortho nitro benzene ring substituents is 1. The van der Waals surface area contributed by atoms with Crippen molar-refractivity contribution in [1.82, 2.24) is 9.88 Å². The molecule has 0 saturated carbocycles. The van der Waals surface area contributed by atoms with E-state index in [1.165, 1.54) is 54.5 Å². The van der Waals surface area contributed by atoms with Gasteiger partial charge in [0.15, 0.2) is 0 Å². The summed E-state index contributed by atoms with van der Waals surface area (Å²) in [6, 6.07) is 9.57. The lowest BCUT2D eigenvalue weighted by Crippen LogP contribution is -2.27. The highest BCUT2D eigenvalue weighted by molar-refractivity contribution is 6.07. The number of hydrogen-bond donors (Lipinski definition) is 1. The van der Waals surface area contributed by atoms with Crippen molar-refractivity contribution in [2.45, 2.75) is 12.9 Å². The molecular formula is C18H14F3N3O4. The summed E-state index contributed by atoms with van der Waals surface area (Å²) in [6.07, 6.45) is -3.44. The molecule has 0 aliphatic heterocycles. The SMILES string of the molecule is CN(Cc1ccccc1OC(F)(F)F)C(=O)c1c[nH]c2ccc([N+](=O)[O-])cc12. The number of carbonyl (C=O) groups excluding carboxylic acids is 1. The van der Waals surface area contributed by atoms with Crippen LogP contribution in [-0.2, 0) is 6.54 Å². The molecule has 146 valence electrons. The van der Waals surface area contributed by atoms with Gasteiger partial charge in [-0.1, -0.05) is 18.2 Å². The summed E-state index contributed by atoms with van der Waals surface area (Å²) in [6.45, 7) is -0.146. The van der Waals surface area contributed by atoms with Gasteiger partial charge in [-0.15, -0.1) is 13.2 Å². The number of carbonyl (C=O) groups is 1. The molecule has 0 unspecified atom stereocenters. The molecule has 1 heterocycles. The number of nitro groups is 1. The number of amides is 1. The average molecular weight is 393 g/mol. The van der Waals surface area contributed by atoms with Gasteiger partial charge >= 0.3 is 6.36 Å². The van der Waals surface area contributed by atoms with E-state index in [4.69, 9.17) is 0 Å². The fourth-order valence-electron chi connectivity index (χ4n) is 2.79. The van der Waals surface area contributed by atoms with Crippen LogP contribution in [0.3, 0.4) is 0 Å². The van der Waals surface area contributed by atoms with Gasteiger partial charge in [-0.25, -0.2) is 0 Å². The Balaban J connectivity index is 1.87. The number of hydrogen-bond acceptors (Lipinski definition) is 4. The number of nitro benzene ring substituents is 1. The fourth-order valence-corrected chi connectivity index (χ4v) is 2.79. The van der Waals surface area contributed by atoms with Gasteiger partial charge in [0, 0.05) is 48.4 Å². The number of ether oxygens (including phenoxy) is 1. The molecule has 7 nitrogen and oxygen atoms in total. The zero-order valence-electron chi connectivity index (χ0n) is 14.5. The minimum atomic E-state index is -4.85. The Hall–Kier alpha value is -3.56. The van der Waals surface area contributed by atoms with Crippen molar-refractivity contribution in [2.75, 3.05) is 7.05 Å². The third-order valence-electron chi connectivity index (χ3n) is 4.06. The first-order chi connectivity index (χ1) is 13.2. The maximum atomic E-state index is 12.8. The van der Waals surface area contributed by atoms with Crippen molar-refractivity contribution >= 4 is 22.5 Å². The Morgan fingerprint density at radius 1 is 1.25 bits per heavy atom. The number of aromatic nitrogens is 1. The first-order valence-electron chi connectivity index (χ1n) is 8.00. The summed E-state index contributed by atoms with van der Waals surface area (Å²) in [4.78, 5) is 27.2. The first-order valence-corrected chi connectivity index (χ1v) is 8.00. The van der Waals surface area contributed by atoms with Crippen LogP contribution in [0.4, 0.5) is 18.9 Å². The summed E-state index contributed by atoms with van der Waals surface area (Å²) >= 11 is 0. The van der Waals surface area contributed by atoms with Crippen LogP contribution < -0.4 is 4.74 Å². The molecule has 3 rings (SSSR count). The van der Waals surface area contributed by atoms with Crippen LogP contribution >= 0.6 is 0 Å².